The molecule has 2 aromatic heterocycles. The van der Waals surface area contributed by atoms with E-state index in [0.717, 1.165) is 27.6 Å². The number of aromatic nitrogens is 1. The summed E-state index contributed by atoms with van der Waals surface area (Å²) >= 11 is 0. The maximum atomic E-state index is 7.53. The molecule has 7 N–H and O–H groups in total. The van der Waals surface area contributed by atoms with Crippen LogP contribution < -0.4 is 11.5 Å². The SMILES string of the molecule is Cl.N=C(N)c1ccc2oc(-c3cc4ccc(C(=N)N)cc4[nH]3)cc2c1. The lowest BCUT2D eigenvalue weighted by molar-refractivity contribution is 0.629. The van der Waals surface area contributed by atoms with Gasteiger partial charge in [0.1, 0.15) is 17.3 Å². The number of furan rings is 1. The van der Waals surface area contributed by atoms with Crippen LogP contribution in [-0.2, 0) is 0 Å². The number of hydrogen-bond donors (Lipinski definition) is 5. The van der Waals surface area contributed by atoms with E-state index >= 15 is 0 Å². The van der Waals surface area contributed by atoms with E-state index in [1.807, 2.05) is 42.5 Å². The van der Waals surface area contributed by atoms with E-state index in [1.165, 1.54) is 0 Å². The second kappa shape index (κ2) is 5.99. The van der Waals surface area contributed by atoms with Crippen LogP contribution in [0, 0.1) is 10.8 Å². The summed E-state index contributed by atoms with van der Waals surface area (Å²) in [6.45, 7) is 0. The Bertz CT molecular complexity index is 1040. The molecule has 7 heteroatoms. The molecule has 2 aromatic carbocycles. The smallest absolute Gasteiger partial charge is 0.151 e. The summed E-state index contributed by atoms with van der Waals surface area (Å²) in [5.41, 5.74) is 14.9. The maximum absolute atomic E-state index is 7.53. The number of fused-ring (bicyclic) bond motifs is 2. The summed E-state index contributed by atoms with van der Waals surface area (Å²) in [5.74, 6) is 0.766. The molecule has 0 unspecified atom stereocenters. The molecular formula is C18H16ClN5O. The molecule has 0 bridgehead atoms. The van der Waals surface area contributed by atoms with E-state index < -0.39 is 0 Å². The number of benzene rings is 2. The van der Waals surface area contributed by atoms with Crippen molar-refractivity contribution >= 4 is 46.0 Å². The number of nitrogens with two attached hydrogens (primary N) is 2. The van der Waals surface area contributed by atoms with Crippen molar-refractivity contribution < 1.29 is 4.42 Å². The Morgan fingerprint density at radius 1 is 0.840 bits per heavy atom. The number of hydrogen-bond acceptors (Lipinski definition) is 3. The lowest BCUT2D eigenvalue weighted by Gasteiger charge is -1.97. The van der Waals surface area contributed by atoms with Crippen molar-refractivity contribution in [2.75, 3.05) is 0 Å². The average molecular weight is 354 g/mol. The Morgan fingerprint density at radius 3 is 2.24 bits per heavy atom. The van der Waals surface area contributed by atoms with Crippen molar-refractivity contribution in [2.24, 2.45) is 11.5 Å². The van der Waals surface area contributed by atoms with Crippen molar-refractivity contribution in [1.29, 1.82) is 10.8 Å². The van der Waals surface area contributed by atoms with Crippen LogP contribution in [0.4, 0.5) is 0 Å². The number of H-pyrrole nitrogens is 1. The van der Waals surface area contributed by atoms with Gasteiger partial charge in [0.2, 0.25) is 0 Å². The Morgan fingerprint density at radius 2 is 1.52 bits per heavy atom. The van der Waals surface area contributed by atoms with Gasteiger partial charge >= 0.3 is 0 Å². The molecule has 0 saturated heterocycles. The second-order valence-electron chi connectivity index (χ2n) is 5.68. The summed E-state index contributed by atoms with van der Waals surface area (Å²) in [6, 6.07) is 14.9. The highest BCUT2D eigenvalue weighted by Gasteiger charge is 2.11. The zero-order valence-electron chi connectivity index (χ0n) is 13.1. The number of nitrogen functional groups attached to an aromatic ring is 2. The number of halogens is 1. The highest BCUT2D eigenvalue weighted by Crippen LogP contribution is 2.30. The Hall–Kier alpha value is -3.25. The lowest BCUT2D eigenvalue weighted by atomic mass is 10.1. The highest BCUT2D eigenvalue weighted by molar-refractivity contribution is 6.00. The van der Waals surface area contributed by atoms with Crippen LogP contribution in [0.2, 0.25) is 0 Å². The fourth-order valence-corrected chi connectivity index (χ4v) is 2.77. The molecule has 126 valence electrons. The van der Waals surface area contributed by atoms with Gasteiger partial charge < -0.3 is 20.9 Å². The summed E-state index contributed by atoms with van der Waals surface area (Å²) in [4.78, 5) is 3.29. The molecule has 0 fully saturated rings. The van der Waals surface area contributed by atoms with Crippen molar-refractivity contribution in [3.63, 3.8) is 0 Å². The molecule has 0 aliphatic heterocycles. The minimum absolute atomic E-state index is 0. The predicted molar refractivity (Wildman–Crippen MR) is 103 cm³/mol. The normalized spacial score (nSPS) is 10.7. The molecule has 0 atom stereocenters. The van der Waals surface area contributed by atoms with Gasteiger partial charge in [-0.15, -0.1) is 12.4 Å². The predicted octanol–water partition coefficient (Wildman–Crippen LogP) is 3.57. The molecule has 0 aliphatic carbocycles. The first-order valence-corrected chi connectivity index (χ1v) is 7.37. The minimum Gasteiger partial charge on any atom is -0.455 e. The van der Waals surface area contributed by atoms with Crippen LogP contribution in [0.5, 0.6) is 0 Å². The van der Waals surface area contributed by atoms with E-state index in [1.54, 1.807) is 6.07 Å². The number of nitrogens with one attached hydrogen (secondary N) is 3. The van der Waals surface area contributed by atoms with E-state index in [0.29, 0.717) is 16.9 Å². The molecule has 4 aromatic rings. The summed E-state index contributed by atoms with van der Waals surface area (Å²) in [5, 5.41) is 17.0. The quantitative estimate of drug-likeness (QED) is 0.285. The van der Waals surface area contributed by atoms with Gasteiger partial charge in [0, 0.05) is 27.4 Å². The fraction of sp³-hybridized carbons (Fsp3) is 0. The third kappa shape index (κ3) is 2.83. The van der Waals surface area contributed by atoms with E-state index in [2.05, 4.69) is 4.98 Å². The van der Waals surface area contributed by atoms with Gasteiger partial charge in [-0.25, -0.2) is 0 Å². The highest BCUT2D eigenvalue weighted by atomic mass is 35.5. The van der Waals surface area contributed by atoms with Crippen molar-refractivity contribution in [3.05, 3.63) is 59.7 Å². The fourth-order valence-electron chi connectivity index (χ4n) is 2.77. The van der Waals surface area contributed by atoms with Crippen LogP contribution in [0.1, 0.15) is 11.1 Å². The van der Waals surface area contributed by atoms with Crippen molar-refractivity contribution in [2.45, 2.75) is 0 Å². The van der Waals surface area contributed by atoms with Crippen molar-refractivity contribution in [3.8, 4) is 11.5 Å². The maximum Gasteiger partial charge on any atom is 0.151 e. The zero-order valence-corrected chi connectivity index (χ0v) is 13.9. The monoisotopic (exact) mass is 353 g/mol. The third-order valence-electron chi connectivity index (χ3n) is 4.03. The van der Waals surface area contributed by atoms with Gasteiger partial charge in [-0.05, 0) is 36.4 Å². The van der Waals surface area contributed by atoms with E-state index in [9.17, 15) is 0 Å². The van der Waals surface area contributed by atoms with Crippen LogP contribution in [-0.4, -0.2) is 16.7 Å². The molecule has 0 saturated carbocycles. The zero-order chi connectivity index (χ0) is 16.8. The second-order valence-corrected chi connectivity index (χ2v) is 5.68. The third-order valence-corrected chi connectivity index (χ3v) is 4.03. The summed E-state index contributed by atoms with van der Waals surface area (Å²) in [6.07, 6.45) is 0. The van der Waals surface area contributed by atoms with Gasteiger partial charge in [0.05, 0.1) is 5.69 Å². The van der Waals surface area contributed by atoms with Gasteiger partial charge in [-0.3, -0.25) is 10.8 Å². The Balaban J connectivity index is 0.00000182. The summed E-state index contributed by atoms with van der Waals surface area (Å²) < 4.78 is 5.89. The Labute approximate surface area is 149 Å². The number of aromatic amines is 1. The average Bonchev–Trinajstić information content (AvgIpc) is 3.16. The number of rotatable bonds is 3. The number of amidine groups is 2. The molecule has 6 nitrogen and oxygen atoms in total. The summed E-state index contributed by atoms with van der Waals surface area (Å²) in [7, 11) is 0. The first-order chi connectivity index (χ1) is 11.5. The molecule has 0 aliphatic rings. The van der Waals surface area contributed by atoms with Gasteiger partial charge in [0.15, 0.2) is 5.76 Å². The first kappa shape index (κ1) is 16.6. The minimum atomic E-state index is 0. The molecule has 0 amide bonds. The molecular weight excluding hydrogens is 338 g/mol. The molecule has 0 radical (unpaired) electrons. The molecule has 4 rings (SSSR count). The van der Waals surface area contributed by atoms with E-state index in [-0.39, 0.29) is 24.1 Å². The molecule has 2 heterocycles. The standard InChI is InChI=1S/C18H15N5O.ClH/c19-17(20)10-3-4-15-12(5-10)8-16(24-15)14-6-9-1-2-11(18(21)22)7-13(9)23-14;/h1-8,23H,(H3,19,20)(H3,21,22);1H. The van der Waals surface area contributed by atoms with Gasteiger partial charge in [-0.2, -0.15) is 0 Å². The van der Waals surface area contributed by atoms with Crippen LogP contribution in [0.25, 0.3) is 33.3 Å². The van der Waals surface area contributed by atoms with Crippen LogP contribution in [0.15, 0.2) is 52.9 Å². The van der Waals surface area contributed by atoms with E-state index in [4.69, 9.17) is 26.7 Å². The first-order valence-electron chi connectivity index (χ1n) is 7.37. The van der Waals surface area contributed by atoms with Gasteiger partial charge in [0.25, 0.3) is 0 Å². The van der Waals surface area contributed by atoms with Crippen molar-refractivity contribution in [1.82, 2.24) is 4.98 Å². The topological polar surface area (TPSA) is 129 Å². The van der Waals surface area contributed by atoms with Gasteiger partial charge in [-0.1, -0.05) is 12.1 Å². The van der Waals surface area contributed by atoms with Crippen LogP contribution in [0.3, 0.4) is 0 Å². The Kier molecular flexibility index (Phi) is 3.98. The molecule has 25 heavy (non-hydrogen) atoms. The van der Waals surface area contributed by atoms with Crippen LogP contribution >= 0.6 is 12.4 Å². The lowest BCUT2D eigenvalue weighted by Crippen LogP contribution is -2.10. The largest absolute Gasteiger partial charge is 0.455 e. The molecule has 0 spiro atoms.